The highest BCUT2D eigenvalue weighted by molar-refractivity contribution is 9.08. The molecule has 0 bridgehead atoms. The van der Waals surface area contributed by atoms with E-state index in [1.54, 1.807) is 18.6 Å². The Labute approximate surface area is 96.5 Å². The van der Waals surface area contributed by atoms with E-state index in [0.29, 0.717) is 5.82 Å². The van der Waals surface area contributed by atoms with Gasteiger partial charge in [-0.2, -0.15) is 0 Å². The molecule has 0 unspecified atom stereocenters. The maximum absolute atomic E-state index is 5.82. The highest BCUT2D eigenvalue weighted by Crippen LogP contribution is 2.24. The molecule has 3 nitrogen and oxygen atoms in total. The molecule has 0 aliphatic heterocycles. The van der Waals surface area contributed by atoms with Gasteiger partial charge in [-0.15, -0.1) is 0 Å². The fourth-order valence-corrected chi connectivity index (χ4v) is 1.65. The van der Waals surface area contributed by atoms with Gasteiger partial charge in [0.05, 0.1) is 0 Å². The first-order chi connectivity index (χ1) is 7.31. The van der Waals surface area contributed by atoms with Crippen LogP contribution in [0.2, 0.25) is 0 Å². The van der Waals surface area contributed by atoms with Gasteiger partial charge in [-0.25, -0.2) is 4.98 Å². The average molecular weight is 264 g/mol. The summed E-state index contributed by atoms with van der Waals surface area (Å²) in [5.74, 6) is 0.535. The first-order valence-electron chi connectivity index (χ1n) is 4.52. The van der Waals surface area contributed by atoms with Crippen molar-refractivity contribution < 1.29 is 0 Å². The van der Waals surface area contributed by atoms with Crippen LogP contribution in [0, 0.1) is 0 Å². The topological polar surface area (TPSA) is 51.8 Å². The molecule has 0 aliphatic carbocycles. The zero-order valence-electron chi connectivity index (χ0n) is 8.02. The van der Waals surface area contributed by atoms with E-state index in [2.05, 4.69) is 25.9 Å². The minimum Gasteiger partial charge on any atom is -0.383 e. The van der Waals surface area contributed by atoms with Crippen LogP contribution >= 0.6 is 15.9 Å². The number of alkyl halides is 1. The number of nitrogen functional groups attached to an aromatic ring is 1. The number of rotatable bonds is 2. The normalized spacial score (nSPS) is 10.2. The Bertz CT molecular complexity index is 457. The number of hydrogen-bond acceptors (Lipinski definition) is 3. The lowest BCUT2D eigenvalue weighted by Crippen LogP contribution is -1.95. The van der Waals surface area contributed by atoms with E-state index in [0.717, 1.165) is 22.0 Å². The molecule has 4 heteroatoms. The second-order valence-electron chi connectivity index (χ2n) is 3.15. The third kappa shape index (κ3) is 2.15. The van der Waals surface area contributed by atoms with Gasteiger partial charge in [0.15, 0.2) is 0 Å². The molecule has 2 heterocycles. The third-order valence-corrected chi connectivity index (χ3v) is 2.75. The van der Waals surface area contributed by atoms with Gasteiger partial charge in [-0.1, -0.05) is 22.0 Å². The lowest BCUT2D eigenvalue weighted by Gasteiger charge is -2.05. The molecule has 0 atom stereocenters. The number of nitrogens with two attached hydrogens (primary N) is 1. The number of pyridine rings is 2. The molecular formula is C11H10BrN3. The first-order valence-corrected chi connectivity index (χ1v) is 5.64. The van der Waals surface area contributed by atoms with Crippen molar-refractivity contribution in [2.75, 3.05) is 5.73 Å². The van der Waals surface area contributed by atoms with E-state index in [4.69, 9.17) is 5.73 Å². The maximum Gasteiger partial charge on any atom is 0.131 e. The summed E-state index contributed by atoms with van der Waals surface area (Å²) in [5, 5.41) is 0.771. The molecule has 0 saturated heterocycles. The molecule has 2 aromatic heterocycles. The molecule has 2 rings (SSSR count). The molecule has 0 fully saturated rings. The van der Waals surface area contributed by atoms with Gasteiger partial charge in [0, 0.05) is 35.0 Å². The largest absolute Gasteiger partial charge is 0.383 e. The standard InChI is InChI=1S/C11H10BrN3/c12-5-8-4-10(11(13)15-6-8)9-2-1-3-14-7-9/h1-4,6-7H,5H2,(H2,13,15). The molecule has 0 saturated carbocycles. The van der Waals surface area contributed by atoms with Crippen molar-refractivity contribution in [2.45, 2.75) is 5.33 Å². The first kappa shape index (κ1) is 10.1. The van der Waals surface area contributed by atoms with E-state index in [1.165, 1.54) is 0 Å². The van der Waals surface area contributed by atoms with E-state index >= 15 is 0 Å². The Morgan fingerprint density at radius 3 is 2.87 bits per heavy atom. The Morgan fingerprint density at radius 1 is 1.33 bits per heavy atom. The van der Waals surface area contributed by atoms with Gasteiger partial charge in [0.2, 0.25) is 0 Å². The van der Waals surface area contributed by atoms with E-state index < -0.39 is 0 Å². The molecule has 2 N–H and O–H groups in total. The second-order valence-corrected chi connectivity index (χ2v) is 3.71. The van der Waals surface area contributed by atoms with Crippen molar-refractivity contribution >= 4 is 21.7 Å². The summed E-state index contributed by atoms with van der Waals surface area (Å²) in [5.41, 5.74) is 8.84. The van der Waals surface area contributed by atoms with E-state index in [1.807, 2.05) is 18.2 Å². The molecule has 0 spiro atoms. The number of hydrogen-bond donors (Lipinski definition) is 1. The summed E-state index contributed by atoms with van der Waals surface area (Å²) in [7, 11) is 0. The number of anilines is 1. The lowest BCUT2D eigenvalue weighted by molar-refractivity contribution is 1.26. The molecule has 15 heavy (non-hydrogen) atoms. The minimum absolute atomic E-state index is 0.535. The van der Waals surface area contributed by atoms with E-state index in [-0.39, 0.29) is 0 Å². The molecule has 76 valence electrons. The van der Waals surface area contributed by atoms with Crippen LogP contribution in [0.4, 0.5) is 5.82 Å². The summed E-state index contributed by atoms with van der Waals surface area (Å²) in [6.45, 7) is 0. The Morgan fingerprint density at radius 2 is 2.20 bits per heavy atom. The third-order valence-electron chi connectivity index (χ3n) is 2.10. The van der Waals surface area contributed by atoms with Crippen molar-refractivity contribution in [3.05, 3.63) is 42.4 Å². The smallest absolute Gasteiger partial charge is 0.131 e. The lowest BCUT2D eigenvalue weighted by atomic mass is 10.1. The van der Waals surface area contributed by atoms with Crippen LogP contribution in [0.25, 0.3) is 11.1 Å². The van der Waals surface area contributed by atoms with Crippen molar-refractivity contribution in [3.8, 4) is 11.1 Å². The Balaban J connectivity index is 2.52. The van der Waals surface area contributed by atoms with Crippen LogP contribution in [0.5, 0.6) is 0 Å². The summed E-state index contributed by atoms with van der Waals surface area (Å²) in [6, 6.07) is 5.88. The summed E-state index contributed by atoms with van der Waals surface area (Å²) >= 11 is 3.39. The van der Waals surface area contributed by atoms with E-state index in [9.17, 15) is 0 Å². The SMILES string of the molecule is Nc1ncc(CBr)cc1-c1cccnc1. The highest BCUT2D eigenvalue weighted by Gasteiger charge is 2.04. The van der Waals surface area contributed by atoms with Crippen molar-refractivity contribution in [3.63, 3.8) is 0 Å². The summed E-state index contributed by atoms with van der Waals surface area (Å²) < 4.78 is 0. The molecule has 0 radical (unpaired) electrons. The molecule has 0 aromatic carbocycles. The zero-order valence-corrected chi connectivity index (χ0v) is 9.61. The second kappa shape index (κ2) is 4.40. The molecule has 0 amide bonds. The van der Waals surface area contributed by atoms with Gasteiger partial charge in [-0.3, -0.25) is 4.98 Å². The van der Waals surface area contributed by atoms with Crippen LogP contribution in [0.3, 0.4) is 0 Å². The number of aromatic nitrogens is 2. The van der Waals surface area contributed by atoms with Gasteiger partial charge in [0.1, 0.15) is 5.82 Å². The summed E-state index contributed by atoms with van der Waals surface area (Å²) in [6.07, 6.45) is 5.29. The molecule has 2 aromatic rings. The van der Waals surface area contributed by atoms with Crippen molar-refractivity contribution in [1.29, 1.82) is 0 Å². The van der Waals surface area contributed by atoms with Crippen LogP contribution in [-0.2, 0) is 5.33 Å². The van der Waals surface area contributed by atoms with Crippen LogP contribution in [-0.4, -0.2) is 9.97 Å². The zero-order chi connectivity index (χ0) is 10.7. The summed E-state index contributed by atoms with van der Waals surface area (Å²) in [4.78, 5) is 8.21. The quantitative estimate of drug-likeness (QED) is 0.848. The van der Waals surface area contributed by atoms with Crippen LogP contribution < -0.4 is 5.73 Å². The van der Waals surface area contributed by atoms with Crippen molar-refractivity contribution in [1.82, 2.24) is 9.97 Å². The van der Waals surface area contributed by atoms with Crippen LogP contribution in [0.15, 0.2) is 36.8 Å². The van der Waals surface area contributed by atoms with Gasteiger partial charge < -0.3 is 5.73 Å². The monoisotopic (exact) mass is 263 g/mol. The van der Waals surface area contributed by atoms with Gasteiger partial charge in [-0.05, 0) is 17.7 Å². The predicted molar refractivity (Wildman–Crippen MR) is 64.5 cm³/mol. The minimum atomic E-state index is 0.535. The molecule has 0 aliphatic rings. The Kier molecular flexibility index (Phi) is 2.97. The Hall–Kier alpha value is -1.42. The number of nitrogens with zero attached hydrogens (tertiary/aromatic N) is 2. The fraction of sp³-hybridized carbons (Fsp3) is 0.0909. The predicted octanol–water partition coefficient (Wildman–Crippen LogP) is 2.62. The highest BCUT2D eigenvalue weighted by atomic mass is 79.9. The number of halogens is 1. The maximum atomic E-state index is 5.82. The van der Waals surface area contributed by atoms with Crippen LogP contribution in [0.1, 0.15) is 5.56 Å². The fourth-order valence-electron chi connectivity index (χ4n) is 1.34. The average Bonchev–Trinajstić information content (AvgIpc) is 2.31. The van der Waals surface area contributed by atoms with Gasteiger partial charge >= 0.3 is 0 Å². The van der Waals surface area contributed by atoms with Gasteiger partial charge in [0.25, 0.3) is 0 Å². The van der Waals surface area contributed by atoms with Crippen molar-refractivity contribution in [2.24, 2.45) is 0 Å². The molecular weight excluding hydrogens is 254 g/mol.